The van der Waals surface area contributed by atoms with E-state index in [0.717, 1.165) is 18.4 Å². The van der Waals surface area contributed by atoms with Gasteiger partial charge in [-0.1, -0.05) is 55.8 Å². The van der Waals surface area contributed by atoms with Gasteiger partial charge in [0.15, 0.2) is 5.78 Å². The van der Waals surface area contributed by atoms with Crippen molar-refractivity contribution >= 4 is 5.78 Å². The summed E-state index contributed by atoms with van der Waals surface area (Å²) in [7, 11) is 0. The van der Waals surface area contributed by atoms with E-state index in [1.807, 2.05) is 12.1 Å². The number of benzene rings is 2. The smallest absolute Gasteiger partial charge is 0.163 e. The van der Waals surface area contributed by atoms with E-state index in [0.29, 0.717) is 12.2 Å². The van der Waals surface area contributed by atoms with E-state index in [-0.39, 0.29) is 0 Å². The number of carbonyl (C=O) groups is 1. The second-order valence-corrected chi connectivity index (χ2v) is 5.56. The van der Waals surface area contributed by atoms with Crippen LogP contribution in [-0.2, 0) is 12.8 Å². The van der Waals surface area contributed by atoms with E-state index in [9.17, 15) is 4.79 Å². The number of rotatable bonds is 4. The number of hydrogen-bond donors (Lipinski definition) is 0. The van der Waals surface area contributed by atoms with Gasteiger partial charge in [0.25, 0.3) is 0 Å². The van der Waals surface area contributed by atoms with Crippen molar-refractivity contribution in [2.45, 2.75) is 39.0 Å². The van der Waals surface area contributed by atoms with Gasteiger partial charge in [0, 0.05) is 12.0 Å². The molecule has 0 amide bonds. The molecule has 2 aromatic rings. The first-order chi connectivity index (χ1) is 9.79. The Balaban J connectivity index is 1.92. The lowest BCUT2D eigenvalue weighted by Gasteiger charge is -2.09. The quantitative estimate of drug-likeness (QED) is 0.773. The highest BCUT2D eigenvalue weighted by Crippen LogP contribution is 2.32. The fourth-order valence-corrected chi connectivity index (χ4v) is 2.99. The van der Waals surface area contributed by atoms with Crippen LogP contribution in [-0.4, -0.2) is 5.78 Å². The molecule has 0 saturated heterocycles. The normalized spacial score (nSPS) is 13.6. The summed E-state index contributed by atoms with van der Waals surface area (Å²) in [4.78, 5) is 11.8. The minimum Gasteiger partial charge on any atom is -0.294 e. The van der Waals surface area contributed by atoms with E-state index in [4.69, 9.17) is 0 Å². The topological polar surface area (TPSA) is 17.1 Å². The summed E-state index contributed by atoms with van der Waals surface area (Å²) in [5, 5.41) is 0. The summed E-state index contributed by atoms with van der Waals surface area (Å²) < 4.78 is 0. The molecular formula is C19H20O. The molecule has 0 unspecified atom stereocenters. The maximum Gasteiger partial charge on any atom is 0.163 e. The maximum absolute atomic E-state index is 11.8. The van der Waals surface area contributed by atoms with Gasteiger partial charge in [-0.05, 0) is 41.5 Å². The van der Waals surface area contributed by atoms with E-state index < -0.39 is 0 Å². The number of aryl methyl sites for hydroxylation is 1. The number of Topliss-reactive ketones (excluding diaryl/α,β-unsaturated/α-hetero) is 1. The number of fused-ring (bicyclic) bond motifs is 1. The fourth-order valence-electron chi connectivity index (χ4n) is 2.99. The lowest BCUT2D eigenvalue weighted by molar-refractivity contribution is 0.0994. The fraction of sp³-hybridized carbons (Fsp3) is 0.316. The highest BCUT2D eigenvalue weighted by Gasteiger charge is 2.21. The number of carbonyl (C=O) groups excluding carboxylic acids is 1. The van der Waals surface area contributed by atoms with Crippen molar-refractivity contribution in [3.63, 3.8) is 0 Å². The minimum absolute atomic E-state index is 0.293. The average Bonchev–Trinajstić information content (AvgIpc) is 2.87. The Bertz CT molecular complexity index is 623. The second-order valence-electron chi connectivity index (χ2n) is 5.56. The van der Waals surface area contributed by atoms with Crippen LogP contribution in [0.4, 0.5) is 0 Å². The lowest BCUT2D eigenvalue weighted by atomic mass is 9.95. The SMILES string of the molecule is CCCCc1ccc(-c2cccc3c2CCC3=O)cc1. The molecule has 0 bridgehead atoms. The molecular weight excluding hydrogens is 244 g/mol. The molecule has 0 saturated carbocycles. The van der Waals surface area contributed by atoms with Gasteiger partial charge in [0.2, 0.25) is 0 Å². The molecule has 1 nitrogen and oxygen atoms in total. The number of unbranched alkanes of at least 4 members (excludes halogenated alkanes) is 1. The van der Waals surface area contributed by atoms with E-state index in [1.165, 1.54) is 35.1 Å². The molecule has 1 aliphatic rings. The Labute approximate surface area is 120 Å². The molecule has 20 heavy (non-hydrogen) atoms. The summed E-state index contributed by atoms with van der Waals surface area (Å²) in [6.07, 6.45) is 5.19. The molecule has 0 heterocycles. The second kappa shape index (κ2) is 5.62. The van der Waals surface area contributed by atoms with Gasteiger partial charge in [-0.3, -0.25) is 4.79 Å². The van der Waals surface area contributed by atoms with E-state index in [1.54, 1.807) is 0 Å². The average molecular weight is 264 g/mol. The number of ketones is 1. The van der Waals surface area contributed by atoms with E-state index >= 15 is 0 Å². The summed E-state index contributed by atoms with van der Waals surface area (Å²) in [5.74, 6) is 0.293. The Morgan fingerprint density at radius 1 is 0.950 bits per heavy atom. The predicted molar refractivity (Wildman–Crippen MR) is 83.1 cm³/mol. The zero-order chi connectivity index (χ0) is 13.9. The Morgan fingerprint density at radius 3 is 2.45 bits per heavy atom. The molecule has 102 valence electrons. The number of hydrogen-bond acceptors (Lipinski definition) is 1. The van der Waals surface area contributed by atoms with Crippen molar-refractivity contribution in [1.29, 1.82) is 0 Å². The van der Waals surface area contributed by atoms with Crippen molar-refractivity contribution in [2.75, 3.05) is 0 Å². The van der Waals surface area contributed by atoms with Crippen LogP contribution in [0.15, 0.2) is 42.5 Å². The molecule has 2 aromatic carbocycles. The lowest BCUT2D eigenvalue weighted by Crippen LogP contribution is -1.92. The van der Waals surface area contributed by atoms with Crippen molar-refractivity contribution < 1.29 is 4.79 Å². The third-order valence-corrected chi connectivity index (χ3v) is 4.16. The van der Waals surface area contributed by atoms with Crippen molar-refractivity contribution in [1.82, 2.24) is 0 Å². The molecule has 1 aliphatic carbocycles. The minimum atomic E-state index is 0.293. The van der Waals surface area contributed by atoms with Gasteiger partial charge < -0.3 is 0 Å². The molecule has 0 fully saturated rings. The van der Waals surface area contributed by atoms with E-state index in [2.05, 4.69) is 37.3 Å². The molecule has 0 atom stereocenters. The summed E-state index contributed by atoms with van der Waals surface area (Å²) >= 11 is 0. The van der Waals surface area contributed by atoms with Crippen LogP contribution in [0.25, 0.3) is 11.1 Å². The van der Waals surface area contributed by atoms with Crippen molar-refractivity contribution in [3.05, 3.63) is 59.2 Å². The predicted octanol–water partition coefficient (Wildman–Crippen LogP) is 4.83. The summed E-state index contributed by atoms with van der Waals surface area (Å²) in [5.41, 5.74) is 6.03. The van der Waals surface area contributed by atoms with Crippen LogP contribution >= 0.6 is 0 Å². The monoisotopic (exact) mass is 264 g/mol. The summed E-state index contributed by atoms with van der Waals surface area (Å²) in [6.45, 7) is 2.22. The van der Waals surface area contributed by atoms with Crippen LogP contribution in [0.5, 0.6) is 0 Å². The Hall–Kier alpha value is -1.89. The van der Waals surface area contributed by atoms with Crippen LogP contribution in [0.2, 0.25) is 0 Å². The van der Waals surface area contributed by atoms with Crippen LogP contribution < -0.4 is 0 Å². The molecule has 0 radical (unpaired) electrons. The first-order valence-electron chi connectivity index (χ1n) is 7.54. The zero-order valence-corrected chi connectivity index (χ0v) is 12.0. The molecule has 0 N–H and O–H groups in total. The first kappa shape index (κ1) is 13.1. The van der Waals surface area contributed by atoms with Gasteiger partial charge in [0.1, 0.15) is 0 Å². The molecule has 0 aromatic heterocycles. The van der Waals surface area contributed by atoms with Crippen LogP contribution in [0.1, 0.15) is 47.7 Å². The van der Waals surface area contributed by atoms with Gasteiger partial charge in [-0.2, -0.15) is 0 Å². The first-order valence-corrected chi connectivity index (χ1v) is 7.54. The van der Waals surface area contributed by atoms with Gasteiger partial charge in [-0.25, -0.2) is 0 Å². The molecule has 3 rings (SSSR count). The van der Waals surface area contributed by atoms with Gasteiger partial charge in [0.05, 0.1) is 0 Å². The Kier molecular flexibility index (Phi) is 3.68. The third kappa shape index (κ3) is 2.40. The molecule has 0 spiro atoms. The van der Waals surface area contributed by atoms with Crippen molar-refractivity contribution in [3.8, 4) is 11.1 Å². The zero-order valence-electron chi connectivity index (χ0n) is 12.0. The maximum atomic E-state index is 11.8. The molecule has 0 aliphatic heterocycles. The third-order valence-electron chi connectivity index (χ3n) is 4.16. The summed E-state index contributed by atoms with van der Waals surface area (Å²) in [6, 6.07) is 14.9. The van der Waals surface area contributed by atoms with Gasteiger partial charge in [-0.15, -0.1) is 0 Å². The van der Waals surface area contributed by atoms with Crippen molar-refractivity contribution in [2.24, 2.45) is 0 Å². The van der Waals surface area contributed by atoms with Crippen LogP contribution in [0.3, 0.4) is 0 Å². The Morgan fingerprint density at radius 2 is 1.70 bits per heavy atom. The largest absolute Gasteiger partial charge is 0.294 e. The standard InChI is InChI=1S/C19H20O/c1-2-3-5-14-8-10-15(11-9-14)16-6-4-7-18-17(16)12-13-19(18)20/h4,6-11H,2-3,5,12-13H2,1H3. The molecule has 1 heteroatoms. The highest BCUT2D eigenvalue weighted by atomic mass is 16.1. The van der Waals surface area contributed by atoms with Crippen LogP contribution in [0, 0.1) is 0 Å². The highest BCUT2D eigenvalue weighted by molar-refractivity contribution is 6.02. The van der Waals surface area contributed by atoms with Gasteiger partial charge >= 0.3 is 0 Å².